The number of nitrogens with two attached hydrogens (primary N) is 1. The monoisotopic (exact) mass is 286 g/mol. The fourth-order valence-corrected chi connectivity index (χ4v) is 1.32. The van der Waals surface area contributed by atoms with E-state index in [1.165, 1.54) is 21.3 Å². The topological polar surface area (TPSA) is 55.1 Å². The molecule has 0 saturated carbocycles. The van der Waals surface area contributed by atoms with E-state index in [0.717, 1.165) is 0 Å². The lowest BCUT2D eigenvalue weighted by Gasteiger charge is -2.06. The molecule has 0 fully saturated rings. The molecule has 0 aromatic heterocycles. The van der Waals surface area contributed by atoms with Crippen molar-refractivity contribution in [1.29, 1.82) is 0 Å². The molecular formula is C12H19BrN2O. The van der Waals surface area contributed by atoms with Gasteiger partial charge in [0.2, 0.25) is 0 Å². The van der Waals surface area contributed by atoms with Crippen LogP contribution in [0, 0.1) is 13.8 Å². The number of carbonyl (C=O) groups excluding carboxylic acids is 1. The van der Waals surface area contributed by atoms with Crippen LogP contribution < -0.4 is 11.1 Å². The Labute approximate surface area is 106 Å². The van der Waals surface area contributed by atoms with Gasteiger partial charge in [-0.2, -0.15) is 0 Å². The first-order valence-electron chi connectivity index (χ1n) is 5.07. The molecule has 1 aromatic rings. The molecular weight excluding hydrogens is 268 g/mol. The van der Waals surface area contributed by atoms with Crippen LogP contribution in [0.2, 0.25) is 0 Å². The van der Waals surface area contributed by atoms with Crippen molar-refractivity contribution < 1.29 is 4.79 Å². The number of carbonyl (C=O) groups is 1. The van der Waals surface area contributed by atoms with Crippen LogP contribution in [0.4, 0.5) is 5.69 Å². The molecule has 0 saturated heterocycles. The zero-order valence-corrected chi connectivity index (χ0v) is 11.8. The van der Waals surface area contributed by atoms with Gasteiger partial charge in [0.15, 0.2) is 0 Å². The van der Waals surface area contributed by atoms with Gasteiger partial charge in [-0.1, -0.05) is 15.9 Å². The molecule has 3 N–H and O–H groups in total. The maximum Gasteiger partial charge on any atom is 0.136 e. The van der Waals surface area contributed by atoms with E-state index in [1.807, 2.05) is 7.05 Å². The number of hydrogen-bond donors (Lipinski definition) is 2. The maximum absolute atomic E-state index is 9.38. The summed E-state index contributed by atoms with van der Waals surface area (Å²) in [5, 5.41) is 3.12. The Balaban J connectivity index is 0.000000385. The quantitative estimate of drug-likeness (QED) is 0.822. The average molecular weight is 287 g/mol. The molecule has 0 aliphatic rings. The third-order valence-corrected chi connectivity index (χ3v) is 3.19. The number of benzene rings is 1. The highest BCUT2D eigenvalue weighted by Gasteiger charge is 1.99. The molecule has 3 nitrogen and oxygen atoms in total. The first-order valence-corrected chi connectivity index (χ1v) is 5.87. The molecule has 0 aliphatic heterocycles. The van der Waals surface area contributed by atoms with Crippen molar-refractivity contribution in [3.63, 3.8) is 0 Å². The van der Waals surface area contributed by atoms with E-state index in [-0.39, 0.29) is 6.04 Å². The number of anilines is 1. The Morgan fingerprint density at radius 1 is 1.38 bits per heavy atom. The summed E-state index contributed by atoms with van der Waals surface area (Å²) >= 11 is 3.51. The van der Waals surface area contributed by atoms with Crippen molar-refractivity contribution in [3.05, 3.63) is 27.7 Å². The average Bonchev–Trinajstić information content (AvgIpc) is 2.25. The standard InChI is InChI=1S/C9H12BrN.C3H7NO/c1-6-4-8(11-3)5-7(2)9(6)10;1-3(4)2-5/h4-5,11H,1-3H3;2-3H,4H2,1H3. The second kappa shape index (κ2) is 7.41. The van der Waals surface area contributed by atoms with Crippen LogP contribution in [0.15, 0.2) is 16.6 Å². The third-order valence-electron chi connectivity index (χ3n) is 1.94. The van der Waals surface area contributed by atoms with Crippen molar-refractivity contribution in [1.82, 2.24) is 0 Å². The molecule has 1 aromatic carbocycles. The lowest BCUT2D eigenvalue weighted by atomic mass is 10.1. The van der Waals surface area contributed by atoms with Gasteiger partial charge >= 0.3 is 0 Å². The highest BCUT2D eigenvalue weighted by molar-refractivity contribution is 9.10. The fraction of sp³-hybridized carbons (Fsp3) is 0.417. The summed E-state index contributed by atoms with van der Waals surface area (Å²) < 4.78 is 1.21. The Morgan fingerprint density at radius 2 is 1.75 bits per heavy atom. The largest absolute Gasteiger partial charge is 0.388 e. The molecule has 1 unspecified atom stereocenters. The van der Waals surface area contributed by atoms with Gasteiger partial charge in [0.25, 0.3) is 0 Å². The Hall–Kier alpha value is -0.870. The van der Waals surface area contributed by atoms with Crippen molar-refractivity contribution in [2.24, 2.45) is 5.73 Å². The van der Waals surface area contributed by atoms with E-state index in [9.17, 15) is 4.79 Å². The smallest absolute Gasteiger partial charge is 0.136 e. The predicted molar refractivity (Wildman–Crippen MR) is 72.9 cm³/mol. The molecule has 1 atom stereocenters. The Bertz CT molecular complexity index is 328. The van der Waals surface area contributed by atoms with Gasteiger partial charge in [0, 0.05) is 17.2 Å². The molecule has 0 amide bonds. The number of halogens is 1. The van der Waals surface area contributed by atoms with Gasteiger partial charge in [-0.25, -0.2) is 0 Å². The molecule has 0 radical (unpaired) electrons. The van der Waals surface area contributed by atoms with E-state index in [0.29, 0.717) is 6.29 Å². The summed E-state index contributed by atoms with van der Waals surface area (Å²) in [7, 11) is 1.93. The van der Waals surface area contributed by atoms with Gasteiger partial charge < -0.3 is 15.8 Å². The second-order valence-corrected chi connectivity index (χ2v) is 4.46. The van der Waals surface area contributed by atoms with Crippen LogP contribution in [0.3, 0.4) is 0 Å². The number of hydrogen-bond acceptors (Lipinski definition) is 3. The molecule has 0 heterocycles. The molecule has 1 rings (SSSR count). The van der Waals surface area contributed by atoms with Crippen molar-refractivity contribution in [3.8, 4) is 0 Å². The fourth-order valence-electron chi connectivity index (χ4n) is 1.09. The minimum absolute atomic E-state index is 0.296. The minimum Gasteiger partial charge on any atom is -0.388 e. The molecule has 0 aliphatic carbocycles. The zero-order chi connectivity index (χ0) is 12.7. The van der Waals surface area contributed by atoms with Gasteiger partial charge in [0.1, 0.15) is 6.29 Å². The summed E-state index contributed by atoms with van der Waals surface area (Å²) in [4.78, 5) is 9.38. The second-order valence-electron chi connectivity index (χ2n) is 3.67. The SMILES string of the molecule is CC(N)C=O.CNc1cc(C)c(Br)c(C)c1. The third kappa shape index (κ3) is 5.28. The molecule has 0 bridgehead atoms. The van der Waals surface area contributed by atoms with E-state index >= 15 is 0 Å². The number of aryl methyl sites for hydroxylation is 2. The Kier molecular flexibility index (Phi) is 7.01. The van der Waals surface area contributed by atoms with Crippen LogP contribution in [-0.2, 0) is 4.79 Å². The first-order chi connectivity index (χ1) is 7.42. The number of rotatable bonds is 2. The van der Waals surface area contributed by atoms with Crippen molar-refractivity contribution in [2.75, 3.05) is 12.4 Å². The lowest BCUT2D eigenvalue weighted by Crippen LogP contribution is -2.15. The normalized spacial score (nSPS) is 11.1. The van der Waals surface area contributed by atoms with Crippen molar-refractivity contribution in [2.45, 2.75) is 26.8 Å². The van der Waals surface area contributed by atoms with Crippen molar-refractivity contribution >= 4 is 27.9 Å². The summed E-state index contributed by atoms with van der Waals surface area (Å²) in [5.41, 5.74) is 8.64. The first kappa shape index (κ1) is 15.1. The van der Waals surface area contributed by atoms with Crippen LogP contribution in [0.25, 0.3) is 0 Å². The molecule has 90 valence electrons. The molecule has 0 spiro atoms. The highest BCUT2D eigenvalue weighted by Crippen LogP contribution is 2.24. The number of aldehydes is 1. The van der Waals surface area contributed by atoms with Gasteiger partial charge in [0.05, 0.1) is 6.04 Å². The summed E-state index contributed by atoms with van der Waals surface area (Å²) in [5.74, 6) is 0. The zero-order valence-electron chi connectivity index (χ0n) is 10.2. The van der Waals surface area contributed by atoms with Crippen LogP contribution in [0.1, 0.15) is 18.1 Å². The van der Waals surface area contributed by atoms with Gasteiger partial charge in [-0.15, -0.1) is 0 Å². The van der Waals surface area contributed by atoms with Gasteiger partial charge in [-0.05, 0) is 44.0 Å². The minimum atomic E-state index is -0.296. The maximum atomic E-state index is 9.38. The van der Waals surface area contributed by atoms with E-state index in [4.69, 9.17) is 5.73 Å². The van der Waals surface area contributed by atoms with Crippen LogP contribution in [0.5, 0.6) is 0 Å². The summed E-state index contributed by atoms with van der Waals surface area (Å²) in [6.45, 7) is 5.82. The summed E-state index contributed by atoms with van der Waals surface area (Å²) in [6.07, 6.45) is 0.694. The summed E-state index contributed by atoms with van der Waals surface area (Å²) in [6, 6.07) is 3.95. The molecule has 16 heavy (non-hydrogen) atoms. The van der Waals surface area contributed by atoms with E-state index in [1.54, 1.807) is 6.92 Å². The number of nitrogens with one attached hydrogen (secondary N) is 1. The lowest BCUT2D eigenvalue weighted by molar-refractivity contribution is -0.108. The molecule has 4 heteroatoms. The van der Waals surface area contributed by atoms with Crippen LogP contribution >= 0.6 is 15.9 Å². The van der Waals surface area contributed by atoms with Crippen LogP contribution in [-0.4, -0.2) is 19.4 Å². The highest BCUT2D eigenvalue weighted by atomic mass is 79.9. The Morgan fingerprint density at radius 3 is 2.00 bits per heavy atom. The van der Waals surface area contributed by atoms with E-state index in [2.05, 4.69) is 47.2 Å². The van der Waals surface area contributed by atoms with E-state index < -0.39 is 0 Å². The van der Waals surface area contributed by atoms with Gasteiger partial charge in [-0.3, -0.25) is 0 Å². The predicted octanol–water partition coefficient (Wildman–Crippen LogP) is 2.64.